The van der Waals surface area contributed by atoms with Gasteiger partial charge in [-0.2, -0.15) is 0 Å². The molecule has 0 radical (unpaired) electrons. The number of pyridine rings is 1. The van der Waals surface area contributed by atoms with E-state index in [0.717, 1.165) is 16.6 Å². The molecule has 1 saturated carbocycles. The number of nitro groups is 1. The van der Waals surface area contributed by atoms with Crippen LogP contribution in [0.25, 0.3) is 11.6 Å². The molecular formula is C16H13N3O3S. The maximum atomic E-state index is 12.2. The first-order chi connectivity index (χ1) is 11.0. The monoisotopic (exact) mass is 327 g/mol. The Labute approximate surface area is 136 Å². The van der Waals surface area contributed by atoms with Crippen LogP contribution in [0.15, 0.2) is 18.3 Å². The Morgan fingerprint density at radius 1 is 1.43 bits per heavy atom. The summed E-state index contributed by atoms with van der Waals surface area (Å²) >= 11 is 1.69. The third kappa shape index (κ3) is 2.43. The molecule has 1 fully saturated rings. The average molecular weight is 327 g/mol. The van der Waals surface area contributed by atoms with Crippen molar-refractivity contribution in [1.82, 2.24) is 4.98 Å². The van der Waals surface area contributed by atoms with Gasteiger partial charge in [-0.1, -0.05) is 0 Å². The molecule has 3 heterocycles. The highest BCUT2D eigenvalue weighted by Gasteiger charge is 2.29. The summed E-state index contributed by atoms with van der Waals surface area (Å²) in [6, 6.07) is 3.57. The summed E-state index contributed by atoms with van der Waals surface area (Å²) in [7, 11) is 0. The Morgan fingerprint density at radius 2 is 2.22 bits per heavy atom. The average Bonchev–Trinajstić information content (AvgIpc) is 3.23. The van der Waals surface area contributed by atoms with Crippen molar-refractivity contribution in [2.24, 2.45) is 0 Å². The van der Waals surface area contributed by atoms with Crippen LogP contribution in [0.2, 0.25) is 0 Å². The Balaban J connectivity index is 1.79. The Hall–Kier alpha value is -2.54. The lowest BCUT2D eigenvalue weighted by Gasteiger charge is -1.98. The van der Waals surface area contributed by atoms with Crippen LogP contribution in [0.5, 0.6) is 0 Å². The van der Waals surface area contributed by atoms with Crippen LogP contribution in [0, 0.1) is 17.0 Å². The van der Waals surface area contributed by atoms with Gasteiger partial charge in [-0.05, 0) is 43.4 Å². The molecule has 0 spiro atoms. The zero-order valence-corrected chi connectivity index (χ0v) is 13.1. The van der Waals surface area contributed by atoms with Crippen molar-refractivity contribution in [3.05, 3.63) is 49.3 Å². The number of amides is 1. The highest BCUT2D eigenvalue weighted by Crippen LogP contribution is 2.45. The Morgan fingerprint density at radius 3 is 2.91 bits per heavy atom. The molecule has 0 unspecified atom stereocenters. The number of nitrogens with zero attached hydrogens (tertiary/aromatic N) is 2. The number of rotatable bonds is 3. The maximum absolute atomic E-state index is 12.2. The molecule has 1 aliphatic carbocycles. The van der Waals surface area contributed by atoms with E-state index in [2.05, 4.69) is 16.4 Å². The van der Waals surface area contributed by atoms with Crippen molar-refractivity contribution >= 4 is 40.4 Å². The van der Waals surface area contributed by atoms with E-state index < -0.39 is 4.92 Å². The number of anilines is 1. The second kappa shape index (κ2) is 4.99. The number of aromatic nitrogens is 1. The van der Waals surface area contributed by atoms with Crippen LogP contribution < -0.4 is 5.32 Å². The fourth-order valence-electron chi connectivity index (χ4n) is 2.66. The number of carbonyl (C=O) groups excluding carboxylic acids is 1. The van der Waals surface area contributed by atoms with Crippen molar-refractivity contribution in [3.63, 3.8) is 0 Å². The second-order valence-electron chi connectivity index (χ2n) is 5.83. The van der Waals surface area contributed by atoms with Crippen molar-refractivity contribution in [3.8, 4) is 0 Å². The van der Waals surface area contributed by atoms with Gasteiger partial charge in [0.05, 0.1) is 10.5 Å². The van der Waals surface area contributed by atoms with E-state index >= 15 is 0 Å². The van der Waals surface area contributed by atoms with Gasteiger partial charge in [0.2, 0.25) is 0 Å². The number of hydrogen-bond acceptors (Lipinski definition) is 5. The summed E-state index contributed by atoms with van der Waals surface area (Å²) in [4.78, 5) is 29.0. The standard InChI is InChI=1S/C16H13N3O3S/c1-8-4-14(9-2-3-9)23-13(8)6-12-11-5-10(19(21)22)7-17-15(11)18-16(12)20/h4-7,9H,2-3H2,1H3,(H,17,18,20). The van der Waals surface area contributed by atoms with Crippen molar-refractivity contribution in [2.75, 3.05) is 5.32 Å². The normalized spacial score (nSPS) is 18.1. The van der Waals surface area contributed by atoms with Gasteiger partial charge < -0.3 is 5.32 Å². The molecule has 6 nitrogen and oxygen atoms in total. The first-order valence-electron chi connectivity index (χ1n) is 7.31. The molecule has 4 rings (SSSR count). The van der Waals surface area contributed by atoms with Crippen LogP contribution in [0.1, 0.15) is 39.6 Å². The van der Waals surface area contributed by atoms with Crippen LogP contribution in [0.3, 0.4) is 0 Å². The summed E-state index contributed by atoms with van der Waals surface area (Å²) in [5, 5.41) is 13.6. The third-order valence-electron chi connectivity index (χ3n) is 4.08. The number of carbonyl (C=O) groups is 1. The fourth-order valence-corrected chi connectivity index (χ4v) is 3.95. The van der Waals surface area contributed by atoms with Gasteiger partial charge in [-0.3, -0.25) is 14.9 Å². The summed E-state index contributed by atoms with van der Waals surface area (Å²) < 4.78 is 0. The van der Waals surface area contributed by atoms with E-state index in [1.807, 2.05) is 13.0 Å². The molecule has 0 saturated heterocycles. The first kappa shape index (κ1) is 14.1. The Bertz CT molecular complexity index is 881. The quantitative estimate of drug-likeness (QED) is 0.529. The minimum absolute atomic E-state index is 0.118. The van der Waals surface area contributed by atoms with E-state index in [9.17, 15) is 14.9 Å². The van der Waals surface area contributed by atoms with Gasteiger partial charge in [-0.25, -0.2) is 4.98 Å². The van der Waals surface area contributed by atoms with E-state index in [1.54, 1.807) is 11.3 Å². The number of nitrogens with one attached hydrogen (secondary N) is 1. The summed E-state index contributed by atoms with van der Waals surface area (Å²) in [6.45, 7) is 2.02. The van der Waals surface area contributed by atoms with Gasteiger partial charge in [0.15, 0.2) is 0 Å². The van der Waals surface area contributed by atoms with E-state index in [0.29, 0.717) is 22.9 Å². The van der Waals surface area contributed by atoms with Crippen LogP contribution in [-0.2, 0) is 4.79 Å². The van der Waals surface area contributed by atoms with Gasteiger partial charge in [0.1, 0.15) is 12.0 Å². The molecular weight excluding hydrogens is 314 g/mol. The molecule has 0 aromatic carbocycles. The van der Waals surface area contributed by atoms with Gasteiger partial charge >= 0.3 is 0 Å². The largest absolute Gasteiger partial charge is 0.306 e. The molecule has 1 amide bonds. The molecule has 2 aromatic heterocycles. The predicted octanol–water partition coefficient (Wildman–Crippen LogP) is 3.73. The third-order valence-corrected chi connectivity index (χ3v) is 5.43. The zero-order valence-electron chi connectivity index (χ0n) is 12.3. The van der Waals surface area contributed by atoms with Crippen molar-refractivity contribution < 1.29 is 9.72 Å². The molecule has 0 bridgehead atoms. The highest BCUT2D eigenvalue weighted by molar-refractivity contribution is 7.13. The number of fused-ring (bicyclic) bond motifs is 1. The lowest BCUT2D eigenvalue weighted by atomic mass is 10.1. The summed E-state index contributed by atoms with van der Waals surface area (Å²) in [6.07, 6.45) is 5.44. The molecule has 23 heavy (non-hydrogen) atoms. The van der Waals surface area contributed by atoms with E-state index in [4.69, 9.17) is 0 Å². The van der Waals surface area contributed by atoms with Gasteiger partial charge in [0, 0.05) is 21.4 Å². The molecule has 2 aromatic rings. The minimum Gasteiger partial charge on any atom is -0.306 e. The molecule has 1 aliphatic heterocycles. The SMILES string of the molecule is Cc1cc(C2CC2)sc1C=C1C(=O)Nc2ncc([N+](=O)[O-])cc21. The van der Waals surface area contributed by atoms with E-state index in [1.165, 1.54) is 23.8 Å². The predicted molar refractivity (Wildman–Crippen MR) is 88.4 cm³/mol. The van der Waals surface area contributed by atoms with Gasteiger partial charge in [-0.15, -0.1) is 11.3 Å². The summed E-state index contributed by atoms with van der Waals surface area (Å²) in [5.74, 6) is 0.774. The van der Waals surface area contributed by atoms with Crippen LogP contribution in [0.4, 0.5) is 11.5 Å². The van der Waals surface area contributed by atoms with Crippen LogP contribution >= 0.6 is 11.3 Å². The zero-order chi connectivity index (χ0) is 16.1. The lowest BCUT2D eigenvalue weighted by Crippen LogP contribution is -2.04. The fraction of sp³-hybridized carbons (Fsp3) is 0.250. The van der Waals surface area contributed by atoms with E-state index in [-0.39, 0.29) is 11.6 Å². The molecule has 116 valence electrons. The molecule has 1 N–H and O–H groups in total. The lowest BCUT2D eigenvalue weighted by molar-refractivity contribution is -0.385. The smallest absolute Gasteiger partial charge is 0.288 e. The summed E-state index contributed by atoms with van der Waals surface area (Å²) in [5.41, 5.74) is 1.94. The van der Waals surface area contributed by atoms with Gasteiger partial charge in [0.25, 0.3) is 11.6 Å². The molecule has 2 aliphatic rings. The van der Waals surface area contributed by atoms with Crippen molar-refractivity contribution in [1.29, 1.82) is 0 Å². The second-order valence-corrected chi connectivity index (χ2v) is 6.94. The Kier molecular flexibility index (Phi) is 3.05. The number of hydrogen-bond donors (Lipinski definition) is 1. The first-order valence-corrected chi connectivity index (χ1v) is 8.13. The van der Waals surface area contributed by atoms with Crippen LogP contribution in [-0.4, -0.2) is 15.8 Å². The molecule has 0 atom stereocenters. The number of aryl methyl sites for hydroxylation is 1. The highest BCUT2D eigenvalue weighted by atomic mass is 32.1. The molecule has 7 heteroatoms. The topological polar surface area (TPSA) is 85.1 Å². The maximum Gasteiger partial charge on any atom is 0.288 e. The minimum atomic E-state index is -0.505. The van der Waals surface area contributed by atoms with Crippen molar-refractivity contribution in [2.45, 2.75) is 25.7 Å². The number of thiophene rings is 1.